The minimum atomic E-state index is 0. The third-order valence-electron chi connectivity index (χ3n) is 6.07. The SMILES string of the molecule is [Ir].[c-]1cccc2c1c1ncc(-n3c4ccccc4c4ccccc43)n1c1ccccc21. The van der Waals surface area contributed by atoms with E-state index in [2.05, 4.69) is 93.9 Å². The van der Waals surface area contributed by atoms with Gasteiger partial charge in [0.2, 0.25) is 0 Å². The summed E-state index contributed by atoms with van der Waals surface area (Å²) in [5.41, 5.74) is 4.44. The van der Waals surface area contributed by atoms with Crippen molar-refractivity contribution in [2.75, 3.05) is 0 Å². The van der Waals surface area contributed by atoms with Gasteiger partial charge in [0.25, 0.3) is 0 Å². The number of hydrogen-bond acceptors (Lipinski definition) is 1. The van der Waals surface area contributed by atoms with Crippen molar-refractivity contribution in [3.05, 3.63) is 103 Å². The topological polar surface area (TPSA) is 22.2 Å². The van der Waals surface area contributed by atoms with Gasteiger partial charge in [-0.1, -0.05) is 60.0 Å². The second-order valence-electron chi connectivity index (χ2n) is 7.62. The van der Waals surface area contributed by atoms with Crippen LogP contribution in [0.25, 0.3) is 54.9 Å². The predicted molar refractivity (Wildman–Crippen MR) is 123 cm³/mol. The molecule has 0 aliphatic heterocycles. The maximum atomic E-state index is 4.88. The van der Waals surface area contributed by atoms with Crippen LogP contribution in [0.5, 0.6) is 0 Å². The molecule has 0 N–H and O–H groups in total. The van der Waals surface area contributed by atoms with Crippen LogP contribution in [-0.2, 0) is 20.1 Å². The van der Waals surface area contributed by atoms with Gasteiger partial charge in [-0.25, -0.2) is 0 Å². The number of imidazole rings is 1. The fourth-order valence-electron chi connectivity index (χ4n) is 4.83. The zero-order chi connectivity index (χ0) is 19.7. The molecule has 0 aliphatic carbocycles. The fraction of sp³-hybridized carbons (Fsp3) is 0. The Morgan fingerprint density at radius 2 is 1.16 bits per heavy atom. The van der Waals surface area contributed by atoms with E-state index in [-0.39, 0.29) is 20.1 Å². The van der Waals surface area contributed by atoms with Crippen molar-refractivity contribution in [3.8, 4) is 5.82 Å². The fourth-order valence-corrected chi connectivity index (χ4v) is 4.83. The molecule has 0 fully saturated rings. The molecule has 4 aromatic carbocycles. The van der Waals surface area contributed by atoms with E-state index >= 15 is 0 Å². The minimum absolute atomic E-state index is 0. The van der Waals surface area contributed by atoms with Gasteiger partial charge in [-0.15, -0.1) is 29.7 Å². The summed E-state index contributed by atoms with van der Waals surface area (Å²) in [6.07, 6.45) is 1.99. The third kappa shape index (κ3) is 2.40. The smallest absolute Gasteiger partial charge is 0.133 e. The molecule has 0 spiro atoms. The molecular formula is C27H16IrN3-. The van der Waals surface area contributed by atoms with Crippen LogP contribution in [0.15, 0.2) is 97.2 Å². The average Bonchev–Trinajstić information content (AvgIpc) is 3.39. The molecule has 7 aromatic rings. The molecule has 7 rings (SSSR count). The van der Waals surface area contributed by atoms with Crippen LogP contribution in [-0.4, -0.2) is 14.0 Å². The maximum Gasteiger partial charge on any atom is 0.133 e. The van der Waals surface area contributed by atoms with E-state index in [1.807, 2.05) is 18.3 Å². The molecule has 3 nitrogen and oxygen atoms in total. The normalized spacial score (nSPS) is 11.6. The molecule has 0 atom stereocenters. The Hall–Kier alpha value is -3.46. The molecule has 1 radical (unpaired) electrons. The summed E-state index contributed by atoms with van der Waals surface area (Å²) in [6.45, 7) is 0. The number of fused-ring (bicyclic) bond motifs is 9. The molecule has 149 valence electrons. The largest absolute Gasteiger partial charge is 0.320 e. The molecule has 0 aliphatic rings. The first-order valence-electron chi connectivity index (χ1n) is 10.1. The van der Waals surface area contributed by atoms with E-state index < -0.39 is 0 Å². The zero-order valence-electron chi connectivity index (χ0n) is 16.4. The van der Waals surface area contributed by atoms with Gasteiger partial charge in [0.1, 0.15) is 5.82 Å². The summed E-state index contributed by atoms with van der Waals surface area (Å²) in [5, 5.41) is 5.93. The van der Waals surface area contributed by atoms with Crippen molar-refractivity contribution in [2.24, 2.45) is 0 Å². The summed E-state index contributed by atoms with van der Waals surface area (Å²) in [7, 11) is 0. The second-order valence-corrected chi connectivity index (χ2v) is 7.62. The Morgan fingerprint density at radius 3 is 1.84 bits per heavy atom. The second kappa shape index (κ2) is 6.78. The Morgan fingerprint density at radius 1 is 0.613 bits per heavy atom. The monoisotopic (exact) mass is 575 g/mol. The number of rotatable bonds is 1. The average molecular weight is 575 g/mol. The number of para-hydroxylation sites is 3. The van der Waals surface area contributed by atoms with Crippen LogP contribution >= 0.6 is 0 Å². The van der Waals surface area contributed by atoms with Crippen LogP contribution in [0.1, 0.15) is 0 Å². The van der Waals surface area contributed by atoms with Crippen LogP contribution in [0, 0.1) is 6.07 Å². The molecule has 4 heteroatoms. The van der Waals surface area contributed by atoms with Gasteiger partial charge < -0.3 is 4.40 Å². The summed E-state index contributed by atoms with van der Waals surface area (Å²) >= 11 is 0. The van der Waals surface area contributed by atoms with Crippen molar-refractivity contribution >= 4 is 49.1 Å². The van der Waals surface area contributed by atoms with Crippen LogP contribution in [0.3, 0.4) is 0 Å². The molecule has 0 saturated heterocycles. The van der Waals surface area contributed by atoms with E-state index in [9.17, 15) is 0 Å². The van der Waals surface area contributed by atoms with Crippen LogP contribution in [0.2, 0.25) is 0 Å². The van der Waals surface area contributed by atoms with Gasteiger partial charge in [0.15, 0.2) is 0 Å². The Kier molecular flexibility index (Phi) is 4.01. The molecule has 0 unspecified atom stereocenters. The number of hydrogen-bond donors (Lipinski definition) is 0. The Labute approximate surface area is 191 Å². The Balaban J connectivity index is 0.00000185. The standard InChI is InChI=1S/C27H16N3.Ir/c1-2-13-22-18(9-1)19-10-3-8-16-25(19)30-26(17-28-27(22)30)29-23-14-6-4-11-20(23)21-12-5-7-15-24(21)29;/h1-12,14-17H;/q-1;. The van der Waals surface area contributed by atoms with Gasteiger partial charge in [0, 0.05) is 36.4 Å². The minimum Gasteiger partial charge on any atom is -0.320 e. The molecule has 31 heavy (non-hydrogen) atoms. The van der Waals surface area contributed by atoms with Gasteiger partial charge >= 0.3 is 0 Å². The number of aromatic nitrogens is 3. The first kappa shape index (κ1) is 18.3. The zero-order valence-corrected chi connectivity index (χ0v) is 18.8. The summed E-state index contributed by atoms with van der Waals surface area (Å²) in [4.78, 5) is 4.88. The van der Waals surface area contributed by atoms with Crippen molar-refractivity contribution < 1.29 is 20.1 Å². The number of pyridine rings is 1. The summed E-state index contributed by atoms with van der Waals surface area (Å²) in [6, 6.07) is 35.3. The maximum absolute atomic E-state index is 4.88. The van der Waals surface area contributed by atoms with Crippen molar-refractivity contribution in [2.45, 2.75) is 0 Å². The molecular weight excluding hydrogens is 559 g/mol. The first-order valence-corrected chi connectivity index (χ1v) is 10.1. The van der Waals surface area contributed by atoms with Crippen molar-refractivity contribution in [1.82, 2.24) is 14.0 Å². The van der Waals surface area contributed by atoms with Crippen LogP contribution < -0.4 is 0 Å². The van der Waals surface area contributed by atoms with E-state index in [1.54, 1.807) is 0 Å². The summed E-state index contributed by atoms with van der Waals surface area (Å²) < 4.78 is 4.60. The first-order chi connectivity index (χ1) is 14.9. The Bertz CT molecular complexity index is 1700. The van der Waals surface area contributed by atoms with Gasteiger partial charge in [-0.3, -0.25) is 9.55 Å². The molecule has 3 aromatic heterocycles. The van der Waals surface area contributed by atoms with Gasteiger partial charge in [0.05, 0.1) is 22.9 Å². The number of nitrogens with zero attached hydrogens (tertiary/aromatic N) is 3. The van der Waals surface area contributed by atoms with E-state index in [1.165, 1.54) is 32.6 Å². The quantitative estimate of drug-likeness (QED) is 0.161. The van der Waals surface area contributed by atoms with Crippen LogP contribution in [0.4, 0.5) is 0 Å². The molecule has 0 saturated carbocycles. The van der Waals surface area contributed by atoms with E-state index in [4.69, 9.17) is 4.98 Å². The van der Waals surface area contributed by atoms with E-state index in [0.29, 0.717) is 0 Å². The van der Waals surface area contributed by atoms with Crippen molar-refractivity contribution in [1.29, 1.82) is 0 Å². The number of benzene rings is 4. The third-order valence-corrected chi connectivity index (χ3v) is 6.07. The van der Waals surface area contributed by atoms with E-state index in [0.717, 1.165) is 22.4 Å². The molecule has 0 amide bonds. The molecule has 3 heterocycles. The van der Waals surface area contributed by atoms with Gasteiger partial charge in [-0.2, -0.15) is 0 Å². The van der Waals surface area contributed by atoms with Crippen molar-refractivity contribution in [3.63, 3.8) is 0 Å². The summed E-state index contributed by atoms with van der Waals surface area (Å²) in [5.74, 6) is 1.04. The predicted octanol–water partition coefficient (Wildman–Crippen LogP) is 6.54. The molecule has 0 bridgehead atoms. The van der Waals surface area contributed by atoms with Gasteiger partial charge in [-0.05, 0) is 23.6 Å².